The van der Waals surface area contributed by atoms with Crippen molar-refractivity contribution in [1.82, 2.24) is 10.3 Å². The van der Waals surface area contributed by atoms with Crippen LogP contribution >= 0.6 is 0 Å². The summed E-state index contributed by atoms with van der Waals surface area (Å²) in [5.74, 6) is -2.19. The third kappa shape index (κ3) is 7.16. The number of carboxylic acids is 1. The molecule has 0 saturated carbocycles. The van der Waals surface area contributed by atoms with Crippen LogP contribution in [-0.4, -0.2) is 33.9 Å². The minimum absolute atomic E-state index is 0.0949. The van der Waals surface area contributed by atoms with Gasteiger partial charge >= 0.3 is 12.1 Å². The Balaban J connectivity index is 1.82. The monoisotopic (exact) mass is 489 g/mol. The molecule has 0 fully saturated rings. The number of halogens is 3. The van der Waals surface area contributed by atoms with E-state index in [1.165, 1.54) is 12.1 Å². The fourth-order valence-electron chi connectivity index (χ4n) is 3.53. The smallest absolute Gasteiger partial charge is 0.417 e. The quantitative estimate of drug-likeness (QED) is 0.366. The fourth-order valence-corrected chi connectivity index (χ4v) is 3.53. The van der Waals surface area contributed by atoms with Gasteiger partial charge in [0, 0.05) is 36.4 Å². The number of anilines is 1. The molecular formula is C24H22F3N3O5. The van der Waals surface area contributed by atoms with E-state index in [0.717, 1.165) is 11.6 Å². The summed E-state index contributed by atoms with van der Waals surface area (Å²) in [5.41, 5.74) is -1.28. The summed E-state index contributed by atoms with van der Waals surface area (Å²) in [6, 6.07) is 11.9. The van der Waals surface area contributed by atoms with E-state index in [0.29, 0.717) is 6.07 Å². The largest absolute Gasteiger partial charge is 0.481 e. The van der Waals surface area contributed by atoms with Gasteiger partial charge in [0.1, 0.15) is 6.04 Å². The van der Waals surface area contributed by atoms with E-state index in [9.17, 15) is 32.3 Å². The molecule has 1 heterocycles. The molecule has 0 saturated heterocycles. The predicted molar refractivity (Wildman–Crippen MR) is 122 cm³/mol. The lowest BCUT2D eigenvalue weighted by Crippen LogP contribution is -2.45. The minimum Gasteiger partial charge on any atom is -0.481 e. The first-order chi connectivity index (χ1) is 16.5. The van der Waals surface area contributed by atoms with Crippen molar-refractivity contribution >= 4 is 34.4 Å². The molecule has 2 amide bonds. The van der Waals surface area contributed by atoms with Crippen molar-refractivity contribution in [1.29, 1.82) is 0 Å². The number of aliphatic carboxylic acids is 1. The summed E-state index contributed by atoms with van der Waals surface area (Å²) in [6.45, 7) is 0. The number of aromatic nitrogens is 1. The van der Waals surface area contributed by atoms with E-state index >= 15 is 0 Å². The summed E-state index contributed by atoms with van der Waals surface area (Å²) in [6.07, 6.45) is -4.80. The lowest BCUT2D eigenvalue weighted by Gasteiger charge is -2.19. The summed E-state index contributed by atoms with van der Waals surface area (Å²) in [5, 5.41) is 13.6. The Morgan fingerprint density at radius 1 is 1.00 bits per heavy atom. The van der Waals surface area contributed by atoms with Crippen molar-refractivity contribution in [2.45, 2.75) is 37.9 Å². The molecule has 3 aromatic rings. The molecule has 4 N–H and O–H groups in total. The van der Waals surface area contributed by atoms with Crippen LogP contribution in [0.4, 0.5) is 18.9 Å². The van der Waals surface area contributed by atoms with Crippen LogP contribution in [0.15, 0.2) is 59.4 Å². The highest BCUT2D eigenvalue weighted by molar-refractivity contribution is 5.99. The van der Waals surface area contributed by atoms with Crippen molar-refractivity contribution in [2.24, 2.45) is 0 Å². The van der Waals surface area contributed by atoms with Crippen LogP contribution in [0.1, 0.15) is 30.4 Å². The van der Waals surface area contributed by atoms with Crippen LogP contribution in [0.2, 0.25) is 0 Å². The standard InChI is InChI=1S/C24H22F3N3O5/c25-24(26,27)17-13-21(32)29-18-12-15(9-10-16(17)18)28-23(35)19(11-14-5-2-1-3-6-14)30-20(31)7-4-8-22(33)34/h1-3,5-6,9-10,12-13,19H,4,7-8,11H2,(H,28,35)(H,29,32)(H,30,31)(H,33,34). The molecule has 0 bridgehead atoms. The summed E-state index contributed by atoms with van der Waals surface area (Å²) >= 11 is 0. The maximum atomic E-state index is 13.3. The van der Waals surface area contributed by atoms with Gasteiger partial charge in [-0.25, -0.2) is 0 Å². The lowest BCUT2D eigenvalue weighted by molar-refractivity contribution is -0.137. The number of nitrogens with one attached hydrogen (secondary N) is 3. The Labute approximate surface area is 197 Å². The molecule has 0 aliphatic carbocycles. The van der Waals surface area contributed by atoms with Crippen LogP contribution in [0.25, 0.3) is 10.9 Å². The molecule has 11 heteroatoms. The molecule has 3 rings (SSSR count). The number of alkyl halides is 3. The topological polar surface area (TPSA) is 128 Å². The molecule has 35 heavy (non-hydrogen) atoms. The average molecular weight is 489 g/mol. The van der Waals surface area contributed by atoms with Gasteiger partial charge in [0.25, 0.3) is 0 Å². The Hall–Kier alpha value is -4.15. The van der Waals surface area contributed by atoms with Crippen molar-refractivity contribution in [3.8, 4) is 0 Å². The summed E-state index contributed by atoms with van der Waals surface area (Å²) in [7, 11) is 0. The number of carbonyl (C=O) groups is 3. The Morgan fingerprint density at radius 2 is 1.71 bits per heavy atom. The molecule has 0 spiro atoms. The van der Waals surface area contributed by atoms with Gasteiger partial charge in [0.15, 0.2) is 0 Å². The third-order valence-electron chi connectivity index (χ3n) is 5.14. The summed E-state index contributed by atoms with van der Waals surface area (Å²) < 4.78 is 39.8. The van der Waals surface area contributed by atoms with E-state index < -0.39 is 41.1 Å². The number of fused-ring (bicyclic) bond motifs is 1. The van der Waals surface area contributed by atoms with Gasteiger partial charge in [0.05, 0.1) is 11.1 Å². The zero-order valence-corrected chi connectivity index (χ0v) is 18.3. The predicted octanol–water partition coefficient (Wildman–Crippen LogP) is 3.47. The summed E-state index contributed by atoms with van der Waals surface area (Å²) in [4.78, 5) is 50.0. The van der Waals surface area contributed by atoms with E-state index in [-0.39, 0.29) is 42.3 Å². The Bertz CT molecular complexity index is 1290. The second-order valence-electron chi connectivity index (χ2n) is 7.85. The lowest BCUT2D eigenvalue weighted by atomic mass is 10.0. The second kappa shape index (κ2) is 10.9. The number of hydrogen-bond donors (Lipinski definition) is 4. The third-order valence-corrected chi connectivity index (χ3v) is 5.14. The molecule has 1 aromatic heterocycles. The van der Waals surface area contributed by atoms with Gasteiger partial charge in [-0.2, -0.15) is 13.2 Å². The first-order valence-electron chi connectivity index (χ1n) is 10.6. The number of H-pyrrole nitrogens is 1. The zero-order valence-electron chi connectivity index (χ0n) is 18.3. The molecule has 0 radical (unpaired) electrons. The molecule has 184 valence electrons. The zero-order chi connectivity index (χ0) is 25.6. The Morgan fingerprint density at radius 3 is 2.37 bits per heavy atom. The average Bonchev–Trinajstić information content (AvgIpc) is 2.77. The highest BCUT2D eigenvalue weighted by Gasteiger charge is 2.33. The number of hydrogen-bond acceptors (Lipinski definition) is 4. The molecule has 0 aliphatic rings. The molecule has 2 aromatic carbocycles. The minimum atomic E-state index is -4.73. The van der Waals surface area contributed by atoms with Gasteiger partial charge < -0.3 is 20.7 Å². The maximum Gasteiger partial charge on any atom is 0.417 e. The number of amides is 2. The van der Waals surface area contributed by atoms with Crippen LogP contribution in [0.5, 0.6) is 0 Å². The van der Waals surface area contributed by atoms with E-state index in [1.54, 1.807) is 30.3 Å². The normalized spacial score (nSPS) is 12.2. The van der Waals surface area contributed by atoms with Crippen LogP contribution in [0, 0.1) is 0 Å². The van der Waals surface area contributed by atoms with Crippen molar-refractivity contribution < 1.29 is 32.7 Å². The highest BCUT2D eigenvalue weighted by atomic mass is 19.4. The van der Waals surface area contributed by atoms with Gasteiger partial charge in [-0.05, 0) is 24.1 Å². The number of rotatable bonds is 9. The van der Waals surface area contributed by atoms with Gasteiger partial charge in [0.2, 0.25) is 17.4 Å². The Kier molecular flexibility index (Phi) is 7.90. The van der Waals surface area contributed by atoms with E-state index in [4.69, 9.17) is 5.11 Å². The van der Waals surface area contributed by atoms with Crippen LogP contribution in [0.3, 0.4) is 0 Å². The fraction of sp³-hybridized carbons (Fsp3) is 0.250. The van der Waals surface area contributed by atoms with Crippen LogP contribution in [-0.2, 0) is 27.0 Å². The second-order valence-corrected chi connectivity index (χ2v) is 7.85. The van der Waals surface area contributed by atoms with Crippen molar-refractivity contribution in [3.05, 3.63) is 76.1 Å². The molecular weight excluding hydrogens is 467 g/mol. The molecule has 1 unspecified atom stereocenters. The number of aromatic amines is 1. The highest BCUT2D eigenvalue weighted by Crippen LogP contribution is 2.33. The molecule has 8 nitrogen and oxygen atoms in total. The van der Waals surface area contributed by atoms with Gasteiger partial charge in [-0.15, -0.1) is 0 Å². The van der Waals surface area contributed by atoms with Crippen molar-refractivity contribution in [2.75, 3.05) is 5.32 Å². The first kappa shape index (κ1) is 25.5. The number of pyridine rings is 1. The van der Waals surface area contributed by atoms with Crippen LogP contribution < -0.4 is 16.2 Å². The number of carboxylic acid groups (broad SMARTS) is 1. The molecule has 1 atom stereocenters. The maximum absolute atomic E-state index is 13.3. The SMILES string of the molecule is O=C(O)CCCC(=O)NC(Cc1ccccc1)C(=O)Nc1ccc2c(C(F)(F)F)cc(=O)[nH]c2c1. The van der Waals surface area contributed by atoms with E-state index in [1.807, 2.05) is 0 Å². The van der Waals surface area contributed by atoms with E-state index in [2.05, 4.69) is 15.6 Å². The first-order valence-corrected chi connectivity index (χ1v) is 10.6. The number of carbonyl (C=O) groups excluding carboxylic acids is 2. The number of benzene rings is 2. The molecule has 0 aliphatic heterocycles. The van der Waals surface area contributed by atoms with Gasteiger partial charge in [-0.1, -0.05) is 36.4 Å². The van der Waals surface area contributed by atoms with Gasteiger partial charge in [-0.3, -0.25) is 19.2 Å². The van der Waals surface area contributed by atoms with Crippen molar-refractivity contribution in [3.63, 3.8) is 0 Å².